The van der Waals surface area contributed by atoms with Crippen molar-refractivity contribution in [2.24, 2.45) is 0 Å². The molecule has 0 aliphatic rings. The predicted octanol–water partition coefficient (Wildman–Crippen LogP) is 16.1. The van der Waals surface area contributed by atoms with E-state index in [1.807, 2.05) is 0 Å². The van der Waals surface area contributed by atoms with Crippen molar-refractivity contribution in [2.45, 2.75) is 251 Å². The molecule has 11 nitrogen and oxygen atoms in total. The molecule has 0 amide bonds. The molecule has 404 valence electrons. The van der Waals surface area contributed by atoms with Crippen LogP contribution >= 0.6 is 7.82 Å². The fourth-order valence-electron chi connectivity index (χ4n) is 7.32. The number of ether oxygens (including phenoxy) is 3. The molecule has 0 aliphatic heterocycles. The van der Waals surface area contributed by atoms with Gasteiger partial charge in [0.2, 0.25) is 0 Å². The monoisotopic (exact) mass is 1000 g/mol. The highest BCUT2D eigenvalue weighted by molar-refractivity contribution is 7.47. The van der Waals surface area contributed by atoms with Gasteiger partial charge in [-0.25, -0.2) is 4.57 Å². The van der Waals surface area contributed by atoms with Crippen LogP contribution in [0.15, 0.2) is 72.9 Å². The number of aliphatic hydroxyl groups is 1. The summed E-state index contributed by atoms with van der Waals surface area (Å²) in [7, 11) is -4.76. The van der Waals surface area contributed by atoms with Crippen molar-refractivity contribution in [3.05, 3.63) is 72.9 Å². The fraction of sp³-hybridized carbons (Fsp3) is 0.741. The van der Waals surface area contributed by atoms with Gasteiger partial charge in [-0.2, -0.15) is 0 Å². The third-order valence-electron chi connectivity index (χ3n) is 11.6. The molecule has 0 aromatic carbocycles. The van der Waals surface area contributed by atoms with E-state index >= 15 is 0 Å². The zero-order valence-corrected chi connectivity index (χ0v) is 45.4. The number of hydrogen-bond donors (Lipinski definition) is 2. The van der Waals surface area contributed by atoms with Crippen LogP contribution in [0.1, 0.15) is 239 Å². The van der Waals surface area contributed by atoms with Gasteiger partial charge in [-0.15, -0.1) is 0 Å². The SMILES string of the molecule is CC/C=C\C/C=C\C/C=C\C/C=C\CCCCC(=O)OC(COC(=O)CCCCCCCCC/C=C\CCCCCCCC)COP(=O)(O)OCC(CO)OC(=O)CCCCCCC/C=C\CCCC. The van der Waals surface area contributed by atoms with Crippen molar-refractivity contribution in [3.8, 4) is 0 Å². The number of hydrogen-bond acceptors (Lipinski definition) is 10. The molecule has 3 atom stereocenters. The Hall–Kier alpha value is -3.08. The van der Waals surface area contributed by atoms with E-state index in [-0.39, 0.29) is 25.9 Å². The molecule has 0 spiro atoms. The molecular weight excluding hydrogens is 904 g/mol. The van der Waals surface area contributed by atoms with E-state index in [4.69, 9.17) is 23.3 Å². The van der Waals surface area contributed by atoms with Gasteiger partial charge < -0.3 is 24.2 Å². The second-order valence-electron chi connectivity index (χ2n) is 18.4. The molecular formula is C58H101O11P. The second-order valence-corrected chi connectivity index (χ2v) is 19.8. The Labute approximate surface area is 427 Å². The largest absolute Gasteiger partial charge is 0.472 e. The van der Waals surface area contributed by atoms with Crippen LogP contribution in [-0.2, 0) is 42.2 Å². The number of aliphatic hydroxyl groups excluding tert-OH is 1. The molecule has 0 radical (unpaired) electrons. The van der Waals surface area contributed by atoms with Gasteiger partial charge in [0.25, 0.3) is 0 Å². The van der Waals surface area contributed by atoms with Crippen molar-refractivity contribution in [3.63, 3.8) is 0 Å². The van der Waals surface area contributed by atoms with Crippen molar-refractivity contribution < 1.29 is 52.2 Å². The molecule has 12 heteroatoms. The number of phosphoric ester groups is 1. The quantitative estimate of drug-likeness (QED) is 0.0197. The van der Waals surface area contributed by atoms with Crippen molar-refractivity contribution >= 4 is 25.7 Å². The summed E-state index contributed by atoms with van der Waals surface area (Å²) >= 11 is 0. The summed E-state index contributed by atoms with van der Waals surface area (Å²) in [6, 6.07) is 0. The van der Waals surface area contributed by atoms with Crippen LogP contribution < -0.4 is 0 Å². The topological polar surface area (TPSA) is 155 Å². The number of rotatable bonds is 51. The van der Waals surface area contributed by atoms with Gasteiger partial charge >= 0.3 is 25.7 Å². The number of carbonyl (C=O) groups excluding carboxylic acids is 3. The first kappa shape index (κ1) is 66.9. The van der Waals surface area contributed by atoms with Crippen molar-refractivity contribution in [1.82, 2.24) is 0 Å². The van der Waals surface area contributed by atoms with Crippen LogP contribution in [0.4, 0.5) is 0 Å². The molecule has 0 bridgehead atoms. The lowest BCUT2D eigenvalue weighted by atomic mass is 10.1. The smallest absolute Gasteiger partial charge is 0.462 e. The minimum Gasteiger partial charge on any atom is -0.462 e. The molecule has 0 saturated carbocycles. The molecule has 0 aromatic rings. The third kappa shape index (κ3) is 49.9. The maximum atomic E-state index is 12.9. The van der Waals surface area contributed by atoms with Gasteiger partial charge in [-0.3, -0.25) is 23.4 Å². The van der Waals surface area contributed by atoms with Crippen LogP contribution in [0.25, 0.3) is 0 Å². The van der Waals surface area contributed by atoms with Gasteiger partial charge in [0, 0.05) is 19.3 Å². The lowest BCUT2D eigenvalue weighted by Crippen LogP contribution is -2.30. The van der Waals surface area contributed by atoms with Gasteiger partial charge in [0.15, 0.2) is 6.10 Å². The van der Waals surface area contributed by atoms with E-state index < -0.39 is 57.8 Å². The third-order valence-corrected chi connectivity index (χ3v) is 12.5. The summed E-state index contributed by atoms with van der Waals surface area (Å²) in [6.07, 6.45) is 57.3. The first-order valence-electron chi connectivity index (χ1n) is 27.8. The average Bonchev–Trinajstić information content (AvgIpc) is 3.35. The van der Waals surface area contributed by atoms with Crippen LogP contribution in [0.3, 0.4) is 0 Å². The highest BCUT2D eigenvalue weighted by Crippen LogP contribution is 2.43. The zero-order chi connectivity index (χ0) is 51.3. The fourth-order valence-corrected chi connectivity index (χ4v) is 8.11. The number of esters is 3. The zero-order valence-electron chi connectivity index (χ0n) is 44.5. The lowest BCUT2D eigenvalue weighted by Gasteiger charge is -2.21. The molecule has 3 unspecified atom stereocenters. The van der Waals surface area contributed by atoms with Crippen LogP contribution in [0, 0.1) is 0 Å². The summed E-state index contributed by atoms with van der Waals surface area (Å²) in [5, 5.41) is 9.78. The predicted molar refractivity (Wildman–Crippen MR) is 288 cm³/mol. The molecule has 70 heavy (non-hydrogen) atoms. The minimum absolute atomic E-state index is 0.113. The van der Waals surface area contributed by atoms with Crippen LogP contribution in [0.5, 0.6) is 0 Å². The molecule has 0 aromatic heterocycles. The molecule has 0 aliphatic carbocycles. The standard InChI is InChI=1S/C58H101O11P/c1-4-7-10-13-16-19-22-24-26-27-29-30-33-35-38-41-44-47-56(60)65-51-55(69-58(62)49-46-43-40-37-34-31-28-25-23-20-17-14-11-8-5-2)53-67-70(63,64)66-52-54(50-59)68-57(61)48-45-42-39-36-32-21-18-15-12-9-6-3/h8,11,15,17-18,20,24-26,28,34,37,54-55,59H,4-7,9-10,12-14,16,19,21-23,27,29-33,35-36,38-53H2,1-3H3,(H,63,64)/b11-8-,18-15-,20-17-,26-24-,28-25-,37-34-. The van der Waals surface area contributed by atoms with E-state index in [9.17, 15) is 28.9 Å². The van der Waals surface area contributed by atoms with Crippen LogP contribution in [0.2, 0.25) is 0 Å². The summed E-state index contributed by atoms with van der Waals surface area (Å²) < 4.78 is 39.4. The van der Waals surface area contributed by atoms with Crippen molar-refractivity contribution in [2.75, 3.05) is 26.4 Å². The van der Waals surface area contributed by atoms with Crippen LogP contribution in [-0.4, -0.2) is 66.5 Å². The summed E-state index contributed by atoms with van der Waals surface area (Å²) in [5.74, 6) is -1.53. The van der Waals surface area contributed by atoms with E-state index in [0.29, 0.717) is 19.3 Å². The molecule has 0 fully saturated rings. The Kier molecular flexibility index (Phi) is 50.0. The maximum absolute atomic E-state index is 12.9. The number of carbonyl (C=O) groups is 3. The Bertz CT molecular complexity index is 1450. The Balaban J connectivity index is 4.79. The highest BCUT2D eigenvalue weighted by atomic mass is 31.2. The first-order valence-corrected chi connectivity index (χ1v) is 29.3. The summed E-state index contributed by atoms with van der Waals surface area (Å²) in [4.78, 5) is 48.4. The van der Waals surface area contributed by atoms with Gasteiger partial charge in [0.1, 0.15) is 12.7 Å². The second kappa shape index (κ2) is 52.2. The van der Waals surface area contributed by atoms with E-state index in [1.54, 1.807) is 0 Å². The molecule has 0 rings (SSSR count). The van der Waals surface area contributed by atoms with Gasteiger partial charge in [-0.1, -0.05) is 190 Å². The Morgan fingerprint density at radius 1 is 0.414 bits per heavy atom. The number of phosphoric acid groups is 1. The van der Waals surface area contributed by atoms with Gasteiger partial charge in [0.05, 0.1) is 19.8 Å². The molecule has 0 heterocycles. The Morgan fingerprint density at radius 3 is 1.23 bits per heavy atom. The summed E-state index contributed by atoms with van der Waals surface area (Å²) in [6.45, 7) is 4.42. The maximum Gasteiger partial charge on any atom is 0.472 e. The minimum atomic E-state index is -4.76. The van der Waals surface area contributed by atoms with E-state index in [0.717, 1.165) is 103 Å². The van der Waals surface area contributed by atoms with E-state index in [2.05, 4.69) is 93.7 Å². The van der Waals surface area contributed by atoms with E-state index in [1.165, 1.54) is 77.0 Å². The molecule has 0 saturated heterocycles. The first-order chi connectivity index (χ1) is 34.2. The van der Waals surface area contributed by atoms with Crippen molar-refractivity contribution in [1.29, 1.82) is 0 Å². The van der Waals surface area contributed by atoms with Gasteiger partial charge in [-0.05, 0) is 103 Å². The molecule has 2 N–H and O–H groups in total. The average molecular weight is 1010 g/mol. The lowest BCUT2D eigenvalue weighted by molar-refractivity contribution is -0.161. The number of allylic oxidation sites excluding steroid dienone is 12. The number of unbranched alkanes of at least 4 members (excludes halogenated alkanes) is 22. The summed E-state index contributed by atoms with van der Waals surface area (Å²) in [5.41, 5.74) is 0. The normalized spacial score (nSPS) is 14.0. The highest BCUT2D eigenvalue weighted by Gasteiger charge is 2.28. The Morgan fingerprint density at radius 2 is 0.757 bits per heavy atom.